The van der Waals surface area contributed by atoms with Crippen LogP contribution >= 0.6 is 0 Å². The molecule has 1 aromatic rings. The second kappa shape index (κ2) is 5.87. The third-order valence-electron chi connectivity index (χ3n) is 3.00. The van der Waals surface area contributed by atoms with Gasteiger partial charge in [0.05, 0.1) is 25.1 Å². The summed E-state index contributed by atoms with van der Waals surface area (Å²) in [5.74, 6) is -0.0871. The molecule has 1 fully saturated rings. The van der Waals surface area contributed by atoms with Crippen LogP contribution in [0.3, 0.4) is 0 Å². The maximum atomic E-state index is 12.3. The average molecular weight is 286 g/mol. The minimum Gasteiger partial charge on any atom is -0.399 e. The molecule has 1 atom stereocenters. The number of morpholine rings is 1. The van der Waals surface area contributed by atoms with Crippen LogP contribution < -0.4 is 5.73 Å². The molecule has 19 heavy (non-hydrogen) atoms. The molecule has 0 radical (unpaired) electrons. The number of rotatable bonds is 4. The van der Waals surface area contributed by atoms with Crippen LogP contribution in [-0.4, -0.2) is 50.2 Å². The molecule has 0 spiro atoms. The molecule has 1 unspecified atom stereocenters. The zero-order chi connectivity index (χ0) is 13.9. The fraction of sp³-hybridized carbons (Fsp3) is 0.500. The molecule has 1 aliphatic heterocycles. The van der Waals surface area contributed by atoms with Gasteiger partial charge < -0.3 is 15.6 Å². The van der Waals surface area contributed by atoms with Gasteiger partial charge in [-0.2, -0.15) is 4.31 Å². The zero-order valence-electron chi connectivity index (χ0n) is 10.5. The second-order valence-electron chi connectivity index (χ2n) is 4.53. The standard InChI is InChI=1S/C12H18N2O4S/c13-11-3-1-2-10(6-11)9-19(16,17)14-4-5-18-12(7-14)8-15/h1-3,6,12,15H,4-5,7-9,13H2. The number of sulfonamides is 1. The number of hydrogen-bond acceptors (Lipinski definition) is 5. The van der Waals surface area contributed by atoms with Crippen LogP contribution in [0.1, 0.15) is 5.56 Å². The fourth-order valence-electron chi connectivity index (χ4n) is 2.04. The van der Waals surface area contributed by atoms with Crippen molar-refractivity contribution >= 4 is 15.7 Å². The van der Waals surface area contributed by atoms with E-state index in [0.29, 0.717) is 24.4 Å². The van der Waals surface area contributed by atoms with E-state index in [1.54, 1.807) is 24.3 Å². The van der Waals surface area contributed by atoms with Gasteiger partial charge in [0.2, 0.25) is 10.0 Å². The summed E-state index contributed by atoms with van der Waals surface area (Å²) in [6.07, 6.45) is -0.440. The lowest BCUT2D eigenvalue weighted by atomic mass is 10.2. The highest BCUT2D eigenvalue weighted by atomic mass is 32.2. The van der Waals surface area contributed by atoms with E-state index in [-0.39, 0.29) is 18.9 Å². The van der Waals surface area contributed by atoms with Crippen LogP contribution in [0.5, 0.6) is 0 Å². The largest absolute Gasteiger partial charge is 0.399 e. The van der Waals surface area contributed by atoms with Gasteiger partial charge in [-0.25, -0.2) is 8.42 Å². The van der Waals surface area contributed by atoms with E-state index in [0.717, 1.165) is 0 Å². The van der Waals surface area contributed by atoms with E-state index in [4.69, 9.17) is 15.6 Å². The number of hydrogen-bond donors (Lipinski definition) is 2. The molecule has 1 saturated heterocycles. The second-order valence-corrected chi connectivity index (χ2v) is 6.50. The summed E-state index contributed by atoms with van der Waals surface area (Å²) in [6.45, 7) is 0.647. The van der Waals surface area contributed by atoms with Crippen molar-refractivity contribution in [2.75, 3.05) is 32.0 Å². The van der Waals surface area contributed by atoms with Crippen molar-refractivity contribution in [2.24, 2.45) is 0 Å². The third-order valence-corrected chi connectivity index (χ3v) is 4.82. The molecule has 0 saturated carbocycles. The molecule has 1 aromatic carbocycles. The number of aliphatic hydroxyl groups excluding tert-OH is 1. The summed E-state index contributed by atoms with van der Waals surface area (Å²) in [4.78, 5) is 0. The normalized spacial score (nSPS) is 21.4. The number of aliphatic hydroxyl groups is 1. The Balaban J connectivity index is 2.09. The Labute approximate surface area is 112 Å². The molecule has 0 amide bonds. The zero-order valence-corrected chi connectivity index (χ0v) is 11.3. The van der Waals surface area contributed by atoms with E-state index >= 15 is 0 Å². The molecule has 1 aliphatic rings. The SMILES string of the molecule is Nc1cccc(CS(=O)(=O)N2CCOC(CO)C2)c1. The summed E-state index contributed by atoms with van der Waals surface area (Å²) < 4.78 is 31.2. The van der Waals surface area contributed by atoms with Crippen molar-refractivity contribution < 1.29 is 18.3 Å². The van der Waals surface area contributed by atoms with Gasteiger partial charge in [-0.15, -0.1) is 0 Å². The van der Waals surface area contributed by atoms with Crippen LogP contribution in [0.15, 0.2) is 24.3 Å². The number of nitrogen functional groups attached to an aromatic ring is 1. The summed E-state index contributed by atoms with van der Waals surface area (Å²) in [6, 6.07) is 6.84. The summed E-state index contributed by atoms with van der Waals surface area (Å²) in [7, 11) is -3.41. The van der Waals surface area contributed by atoms with Crippen molar-refractivity contribution in [1.29, 1.82) is 0 Å². The molecular weight excluding hydrogens is 268 g/mol. The van der Waals surface area contributed by atoms with Gasteiger partial charge in [0, 0.05) is 18.8 Å². The van der Waals surface area contributed by atoms with E-state index in [9.17, 15) is 8.42 Å². The molecule has 106 valence electrons. The van der Waals surface area contributed by atoms with Crippen LogP contribution in [0, 0.1) is 0 Å². The van der Waals surface area contributed by atoms with Crippen molar-refractivity contribution in [3.8, 4) is 0 Å². The number of benzene rings is 1. The Kier molecular flexibility index (Phi) is 4.41. The summed E-state index contributed by atoms with van der Waals surface area (Å²) in [5.41, 5.74) is 6.84. The maximum absolute atomic E-state index is 12.3. The Bertz CT molecular complexity index is 532. The quantitative estimate of drug-likeness (QED) is 0.747. The molecular formula is C12H18N2O4S. The van der Waals surface area contributed by atoms with E-state index < -0.39 is 16.1 Å². The Morgan fingerprint density at radius 3 is 2.95 bits per heavy atom. The van der Waals surface area contributed by atoms with Crippen LogP contribution in [0.25, 0.3) is 0 Å². The highest BCUT2D eigenvalue weighted by Gasteiger charge is 2.29. The molecule has 0 aliphatic carbocycles. The Morgan fingerprint density at radius 2 is 2.26 bits per heavy atom. The molecule has 2 rings (SSSR count). The van der Waals surface area contributed by atoms with Crippen LogP contribution in [0.2, 0.25) is 0 Å². The molecule has 6 nitrogen and oxygen atoms in total. The lowest BCUT2D eigenvalue weighted by Crippen LogP contribution is -2.47. The summed E-state index contributed by atoms with van der Waals surface area (Å²) in [5, 5.41) is 9.04. The van der Waals surface area contributed by atoms with Crippen molar-refractivity contribution in [3.05, 3.63) is 29.8 Å². The topological polar surface area (TPSA) is 92.9 Å². The number of ether oxygens (including phenoxy) is 1. The van der Waals surface area contributed by atoms with Gasteiger partial charge in [-0.05, 0) is 17.7 Å². The molecule has 1 heterocycles. The lowest BCUT2D eigenvalue weighted by Gasteiger charge is -2.31. The number of nitrogens with zero attached hydrogens (tertiary/aromatic N) is 1. The number of nitrogens with two attached hydrogens (primary N) is 1. The van der Waals surface area contributed by atoms with Gasteiger partial charge >= 0.3 is 0 Å². The Hall–Kier alpha value is -1.15. The molecule has 0 aromatic heterocycles. The van der Waals surface area contributed by atoms with E-state index in [1.165, 1.54) is 4.31 Å². The van der Waals surface area contributed by atoms with Crippen molar-refractivity contribution in [3.63, 3.8) is 0 Å². The lowest BCUT2D eigenvalue weighted by molar-refractivity contribution is -0.0305. The van der Waals surface area contributed by atoms with Gasteiger partial charge in [0.15, 0.2) is 0 Å². The first-order valence-electron chi connectivity index (χ1n) is 6.06. The van der Waals surface area contributed by atoms with E-state index in [2.05, 4.69) is 0 Å². The molecule has 7 heteroatoms. The van der Waals surface area contributed by atoms with Crippen molar-refractivity contribution in [2.45, 2.75) is 11.9 Å². The van der Waals surface area contributed by atoms with E-state index in [1.807, 2.05) is 0 Å². The minimum absolute atomic E-state index is 0.0871. The highest BCUT2D eigenvalue weighted by molar-refractivity contribution is 7.88. The van der Waals surface area contributed by atoms with Crippen LogP contribution in [0.4, 0.5) is 5.69 Å². The van der Waals surface area contributed by atoms with Crippen LogP contribution in [-0.2, 0) is 20.5 Å². The van der Waals surface area contributed by atoms with Gasteiger partial charge in [0.25, 0.3) is 0 Å². The maximum Gasteiger partial charge on any atom is 0.218 e. The average Bonchev–Trinajstić information content (AvgIpc) is 2.38. The van der Waals surface area contributed by atoms with Gasteiger partial charge in [-0.1, -0.05) is 12.1 Å². The predicted octanol–water partition coefficient (Wildman–Crippen LogP) is -0.208. The number of anilines is 1. The molecule has 0 bridgehead atoms. The Morgan fingerprint density at radius 1 is 1.47 bits per heavy atom. The monoisotopic (exact) mass is 286 g/mol. The van der Waals surface area contributed by atoms with Crippen molar-refractivity contribution in [1.82, 2.24) is 4.31 Å². The fourth-order valence-corrected chi connectivity index (χ4v) is 3.57. The molecule has 3 N–H and O–H groups in total. The van der Waals surface area contributed by atoms with Gasteiger partial charge in [0.1, 0.15) is 0 Å². The first-order valence-corrected chi connectivity index (χ1v) is 7.67. The first-order chi connectivity index (χ1) is 9.01. The predicted molar refractivity (Wildman–Crippen MR) is 71.9 cm³/mol. The summed E-state index contributed by atoms with van der Waals surface area (Å²) >= 11 is 0. The van der Waals surface area contributed by atoms with Gasteiger partial charge in [-0.3, -0.25) is 0 Å². The highest BCUT2D eigenvalue weighted by Crippen LogP contribution is 2.16. The minimum atomic E-state index is -3.41. The smallest absolute Gasteiger partial charge is 0.218 e. The first kappa shape index (κ1) is 14.3. The third kappa shape index (κ3) is 3.66.